The van der Waals surface area contributed by atoms with E-state index in [-0.39, 0.29) is 31.6 Å². The molecular weight excluding hydrogens is 712 g/mol. The van der Waals surface area contributed by atoms with Crippen LogP contribution in [0.4, 0.5) is 0 Å². The normalized spacial score (nSPS) is 27.1. The number of allylic oxidation sites excluding steroid dienone is 2. The lowest BCUT2D eigenvalue weighted by Gasteiger charge is -2.49. The maximum absolute atomic E-state index is 13.2. The monoisotopic (exact) mass is 764 g/mol. The van der Waals surface area contributed by atoms with E-state index in [1.165, 1.54) is 6.92 Å². The lowest BCUT2D eigenvalue weighted by Crippen LogP contribution is -2.72. The summed E-state index contributed by atoms with van der Waals surface area (Å²) in [5.74, 6) is -7.84. The highest BCUT2D eigenvalue weighted by Gasteiger charge is 2.83. The maximum Gasteiger partial charge on any atom is 0.340 e. The van der Waals surface area contributed by atoms with Gasteiger partial charge in [-0.3, -0.25) is 14.4 Å². The van der Waals surface area contributed by atoms with Gasteiger partial charge in [-0.05, 0) is 62.0 Å². The van der Waals surface area contributed by atoms with Crippen LogP contribution in [-0.2, 0) is 38.2 Å². The van der Waals surface area contributed by atoms with Crippen molar-refractivity contribution < 1.29 is 63.7 Å². The molecule has 2 aromatic carbocycles. The van der Waals surface area contributed by atoms with E-state index < -0.39 is 77.3 Å². The number of unbranched alkanes of at least 4 members (excludes halogenated alkanes) is 4. The second kappa shape index (κ2) is 19.1. The third-order valence-electron chi connectivity index (χ3n) is 10.8. The summed E-state index contributed by atoms with van der Waals surface area (Å²) in [4.78, 5) is 63.5. The summed E-state index contributed by atoms with van der Waals surface area (Å²) in [6.45, 7) is 3.14. The van der Waals surface area contributed by atoms with Gasteiger partial charge in [0.05, 0.1) is 0 Å². The summed E-state index contributed by atoms with van der Waals surface area (Å²) in [6, 6.07) is 19.4. The molecule has 298 valence electrons. The molecule has 8 atom stereocenters. The first-order chi connectivity index (χ1) is 26.2. The maximum atomic E-state index is 13.2. The minimum absolute atomic E-state index is 0.0937. The molecule has 0 radical (unpaired) electrons. The average molecular weight is 765 g/mol. The Kier molecular flexibility index (Phi) is 14.9. The predicted molar refractivity (Wildman–Crippen MR) is 200 cm³/mol. The predicted octanol–water partition coefficient (Wildman–Crippen LogP) is 5.67. The highest BCUT2D eigenvalue weighted by Crippen LogP contribution is 2.61. The summed E-state index contributed by atoms with van der Waals surface area (Å²) in [5, 5.41) is 54.2. The number of hydrogen-bond donors (Lipinski definition) is 5. The highest BCUT2D eigenvalue weighted by atomic mass is 16.6. The van der Waals surface area contributed by atoms with Gasteiger partial charge in [0.15, 0.2) is 17.6 Å². The van der Waals surface area contributed by atoms with Crippen molar-refractivity contribution in [3.05, 3.63) is 83.9 Å². The van der Waals surface area contributed by atoms with Gasteiger partial charge in [-0.1, -0.05) is 105 Å². The zero-order chi connectivity index (χ0) is 40.2. The fraction of sp³-hybridized carbons (Fsp3) is 0.500. The fourth-order valence-electron chi connectivity index (χ4n) is 7.87. The molecule has 0 amide bonds. The molecule has 0 spiro atoms. The van der Waals surface area contributed by atoms with Crippen molar-refractivity contribution in [1.29, 1.82) is 0 Å². The SMILES string of the molecule is CC(=O)O[C@@H](CCC[C@@]12C[C@@](C(=O)O)([C@@H](OC(=O)CCCCCC/C=C/c3ccccc3)[C@@H]1O)[C@@](O)(C(=O)O)[C@H](C(=O)O)O2)[C@@H](C)C/C=C/c1ccccc1. The van der Waals surface area contributed by atoms with E-state index in [0.29, 0.717) is 19.3 Å². The van der Waals surface area contributed by atoms with Crippen molar-refractivity contribution in [3.8, 4) is 0 Å². The number of fused-ring (bicyclic) bond motifs is 2. The lowest BCUT2D eigenvalue weighted by molar-refractivity contribution is -0.265. The molecule has 55 heavy (non-hydrogen) atoms. The van der Waals surface area contributed by atoms with Crippen LogP contribution in [0, 0.1) is 11.3 Å². The number of esters is 2. The Morgan fingerprint density at radius 1 is 0.855 bits per heavy atom. The van der Waals surface area contributed by atoms with Gasteiger partial charge in [0, 0.05) is 19.8 Å². The molecular formula is C42H52O13. The van der Waals surface area contributed by atoms with Crippen molar-refractivity contribution in [3.63, 3.8) is 0 Å². The van der Waals surface area contributed by atoms with E-state index >= 15 is 0 Å². The topological polar surface area (TPSA) is 214 Å². The van der Waals surface area contributed by atoms with Crippen molar-refractivity contribution in [2.24, 2.45) is 11.3 Å². The first kappa shape index (κ1) is 42.9. The van der Waals surface area contributed by atoms with Crippen molar-refractivity contribution in [1.82, 2.24) is 0 Å². The number of carboxylic acids is 3. The first-order valence-corrected chi connectivity index (χ1v) is 18.8. The van der Waals surface area contributed by atoms with Crippen molar-refractivity contribution in [2.45, 2.75) is 120 Å². The molecule has 0 unspecified atom stereocenters. The summed E-state index contributed by atoms with van der Waals surface area (Å²) >= 11 is 0. The summed E-state index contributed by atoms with van der Waals surface area (Å²) in [7, 11) is 0. The molecule has 1 aliphatic carbocycles. The van der Waals surface area contributed by atoms with Crippen LogP contribution in [0.3, 0.4) is 0 Å². The van der Waals surface area contributed by atoms with Gasteiger partial charge >= 0.3 is 29.8 Å². The molecule has 5 N–H and O–H groups in total. The third kappa shape index (κ3) is 9.88. The van der Waals surface area contributed by atoms with Gasteiger partial charge in [0.1, 0.15) is 17.8 Å². The minimum Gasteiger partial charge on any atom is -0.481 e. The van der Waals surface area contributed by atoms with E-state index in [9.17, 15) is 49.5 Å². The number of rotatable bonds is 21. The largest absolute Gasteiger partial charge is 0.481 e. The number of benzene rings is 2. The van der Waals surface area contributed by atoms with Crippen LogP contribution in [0.15, 0.2) is 72.8 Å². The number of ether oxygens (including phenoxy) is 3. The Bertz CT molecular complexity index is 1690. The van der Waals surface area contributed by atoms with Crippen LogP contribution in [-0.4, -0.2) is 91.0 Å². The van der Waals surface area contributed by atoms with Crippen LogP contribution in [0.25, 0.3) is 12.2 Å². The first-order valence-electron chi connectivity index (χ1n) is 18.8. The molecule has 4 rings (SSSR count). The molecule has 13 heteroatoms. The molecule has 2 bridgehead atoms. The van der Waals surface area contributed by atoms with Crippen LogP contribution >= 0.6 is 0 Å². The van der Waals surface area contributed by atoms with Crippen LogP contribution in [0.5, 0.6) is 0 Å². The van der Waals surface area contributed by atoms with Crippen molar-refractivity contribution >= 4 is 42.0 Å². The van der Waals surface area contributed by atoms with E-state index in [1.54, 1.807) is 0 Å². The second-order valence-electron chi connectivity index (χ2n) is 14.6. The Labute approximate surface area is 320 Å². The standard InChI is InChI=1S/C42H52O13/c1-28(17-15-23-31-21-12-8-13-22-31)32(53-29(2)43)24-16-26-40-27-41(38(48)49,42(52,39(50)51)36(55-40)37(46)47)35(34(40)45)54-33(44)25-14-6-4-3-5-9-18-30-19-10-7-11-20-30/h7-13,15,18-23,28,32,34-36,45,52H,3-6,14,16-17,24-27H2,1-2H3,(H,46,47)(H,48,49)(H,50,51)/b18-9+,23-15+/t28-,32-,34-,35-,36-,40+,41-,42-/m0/s1. The van der Waals surface area contributed by atoms with Crippen LogP contribution in [0.2, 0.25) is 0 Å². The van der Waals surface area contributed by atoms with E-state index in [2.05, 4.69) is 6.08 Å². The molecule has 2 aromatic rings. The molecule has 2 fully saturated rings. The van der Waals surface area contributed by atoms with Gasteiger partial charge in [-0.2, -0.15) is 0 Å². The number of carboxylic acid groups (broad SMARTS) is 3. The highest BCUT2D eigenvalue weighted by molar-refractivity contribution is 5.96. The number of hydrogen-bond acceptors (Lipinski definition) is 10. The van der Waals surface area contributed by atoms with Gasteiger partial charge < -0.3 is 39.7 Å². The number of aliphatic hydroxyl groups excluding tert-OH is 1. The van der Waals surface area contributed by atoms with E-state index in [0.717, 1.165) is 30.4 Å². The molecule has 1 heterocycles. The molecule has 1 saturated heterocycles. The summed E-state index contributed by atoms with van der Waals surface area (Å²) < 4.78 is 16.9. The Morgan fingerprint density at radius 3 is 2.02 bits per heavy atom. The molecule has 0 aromatic heterocycles. The quantitative estimate of drug-likeness (QED) is 0.0767. The molecule has 1 saturated carbocycles. The van der Waals surface area contributed by atoms with Crippen LogP contribution in [0.1, 0.15) is 95.6 Å². The van der Waals surface area contributed by atoms with Crippen LogP contribution < -0.4 is 0 Å². The average Bonchev–Trinajstić information content (AvgIpc) is 3.36. The van der Waals surface area contributed by atoms with E-state index in [4.69, 9.17) is 14.2 Å². The van der Waals surface area contributed by atoms with Gasteiger partial charge in [-0.15, -0.1) is 0 Å². The van der Waals surface area contributed by atoms with Gasteiger partial charge in [0.25, 0.3) is 0 Å². The second-order valence-corrected chi connectivity index (χ2v) is 14.6. The number of aliphatic hydroxyl groups is 2. The minimum atomic E-state index is -3.64. The van der Waals surface area contributed by atoms with Crippen molar-refractivity contribution in [2.75, 3.05) is 0 Å². The lowest BCUT2D eigenvalue weighted by atomic mass is 9.63. The Morgan fingerprint density at radius 2 is 1.45 bits per heavy atom. The fourth-order valence-corrected chi connectivity index (χ4v) is 7.87. The summed E-state index contributed by atoms with van der Waals surface area (Å²) in [6.07, 6.45) is 3.40. The molecule has 1 aliphatic heterocycles. The smallest absolute Gasteiger partial charge is 0.340 e. The number of aliphatic carboxylic acids is 3. The van der Waals surface area contributed by atoms with Gasteiger partial charge in [-0.25, -0.2) is 9.59 Å². The number of carbonyl (C=O) groups excluding carboxylic acids is 2. The summed E-state index contributed by atoms with van der Waals surface area (Å²) in [5.41, 5.74) is -6.62. The van der Waals surface area contributed by atoms with E-state index in [1.807, 2.05) is 85.8 Å². The zero-order valence-corrected chi connectivity index (χ0v) is 31.2. The van der Waals surface area contributed by atoms with Gasteiger partial charge in [0.2, 0.25) is 5.60 Å². The molecule has 2 aliphatic rings. The Balaban J connectivity index is 1.47. The third-order valence-corrected chi connectivity index (χ3v) is 10.8. The number of carbonyl (C=O) groups is 5. The molecule has 13 nitrogen and oxygen atoms in total. The Hall–Kier alpha value is -4.85. The zero-order valence-electron chi connectivity index (χ0n) is 31.2.